The molecular formula is C52H96O12S. The van der Waals surface area contributed by atoms with E-state index in [-0.39, 0.29) is 19.6 Å². The molecule has 6 atom stereocenters. The van der Waals surface area contributed by atoms with Gasteiger partial charge in [-0.1, -0.05) is 185 Å². The summed E-state index contributed by atoms with van der Waals surface area (Å²) in [5, 5.41) is 30.8. The van der Waals surface area contributed by atoms with E-state index in [0.717, 1.165) is 57.8 Å². The second-order valence-electron chi connectivity index (χ2n) is 18.1. The average Bonchev–Trinajstić information content (AvgIpc) is 3.28. The Morgan fingerprint density at radius 1 is 0.585 bits per heavy atom. The van der Waals surface area contributed by atoms with Crippen molar-refractivity contribution in [2.75, 3.05) is 26.4 Å². The lowest BCUT2D eigenvalue weighted by atomic mass is 9.99. The molecule has 1 rings (SSSR count). The van der Waals surface area contributed by atoms with Crippen molar-refractivity contribution >= 4 is 16.4 Å². The van der Waals surface area contributed by atoms with Gasteiger partial charge in [-0.3, -0.25) is 9.35 Å². The largest absolute Gasteiger partial charge is 0.457 e. The number of carbonyl (C=O) groups excluding carboxylic acids is 1. The molecule has 0 bridgehead atoms. The van der Waals surface area contributed by atoms with Gasteiger partial charge in [0.05, 0.1) is 19.8 Å². The summed E-state index contributed by atoms with van der Waals surface area (Å²) in [6.45, 7) is 3.99. The first-order valence-corrected chi connectivity index (χ1v) is 27.6. The van der Waals surface area contributed by atoms with E-state index in [9.17, 15) is 33.1 Å². The molecule has 12 nitrogen and oxygen atoms in total. The van der Waals surface area contributed by atoms with Crippen LogP contribution in [0.1, 0.15) is 226 Å². The van der Waals surface area contributed by atoms with Gasteiger partial charge in [-0.2, -0.15) is 8.42 Å². The van der Waals surface area contributed by atoms with E-state index in [1.807, 2.05) is 0 Å². The van der Waals surface area contributed by atoms with E-state index in [1.165, 1.54) is 141 Å². The van der Waals surface area contributed by atoms with Crippen LogP contribution in [0.2, 0.25) is 0 Å². The van der Waals surface area contributed by atoms with E-state index in [2.05, 4.69) is 54.5 Å². The molecule has 1 heterocycles. The van der Waals surface area contributed by atoms with Gasteiger partial charge < -0.3 is 34.3 Å². The van der Waals surface area contributed by atoms with Gasteiger partial charge in [-0.25, -0.2) is 4.18 Å². The van der Waals surface area contributed by atoms with Gasteiger partial charge in [0.2, 0.25) is 0 Å². The van der Waals surface area contributed by atoms with E-state index in [4.69, 9.17) is 18.9 Å². The highest BCUT2D eigenvalue weighted by Gasteiger charge is 2.48. The van der Waals surface area contributed by atoms with Gasteiger partial charge in [0.25, 0.3) is 0 Å². The van der Waals surface area contributed by atoms with E-state index >= 15 is 0 Å². The third-order valence-corrected chi connectivity index (χ3v) is 12.5. The average molecular weight is 945 g/mol. The Labute approximate surface area is 396 Å². The molecule has 1 aliphatic heterocycles. The summed E-state index contributed by atoms with van der Waals surface area (Å²) in [6, 6.07) is 0. The Morgan fingerprint density at radius 2 is 1.02 bits per heavy atom. The molecule has 0 aromatic rings. The van der Waals surface area contributed by atoms with Gasteiger partial charge in [-0.05, 0) is 70.6 Å². The van der Waals surface area contributed by atoms with Crippen LogP contribution in [0.4, 0.5) is 0 Å². The highest BCUT2D eigenvalue weighted by atomic mass is 32.3. The summed E-state index contributed by atoms with van der Waals surface area (Å²) < 4.78 is 59.3. The molecule has 0 aromatic heterocycles. The lowest BCUT2D eigenvalue weighted by Gasteiger charge is -2.41. The van der Waals surface area contributed by atoms with Crippen LogP contribution in [0.5, 0.6) is 0 Å². The Kier molecular flexibility index (Phi) is 41.1. The van der Waals surface area contributed by atoms with Crippen LogP contribution in [0.25, 0.3) is 0 Å². The Morgan fingerprint density at radius 3 is 1.48 bits per heavy atom. The second kappa shape index (κ2) is 43.6. The predicted molar refractivity (Wildman–Crippen MR) is 262 cm³/mol. The molecule has 0 amide bonds. The second-order valence-corrected chi connectivity index (χ2v) is 19.2. The van der Waals surface area contributed by atoms with Gasteiger partial charge in [0.1, 0.15) is 30.5 Å². The molecule has 0 spiro atoms. The Balaban J connectivity index is 2.36. The molecule has 65 heavy (non-hydrogen) atoms. The van der Waals surface area contributed by atoms with Gasteiger partial charge >= 0.3 is 16.4 Å². The fourth-order valence-electron chi connectivity index (χ4n) is 7.99. The van der Waals surface area contributed by atoms with Crippen molar-refractivity contribution in [3.8, 4) is 0 Å². The van der Waals surface area contributed by atoms with Crippen LogP contribution in [-0.4, -0.2) is 97.5 Å². The van der Waals surface area contributed by atoms with Crippen LogP contribution in [0.3, 0.4) is 0 Å². The quantitative estimate of drug-likeness (QED) is 0.0197. The molecular weight excluding hydrogens is 849 g/mol. The van der Waals surface area contributed by atoms with E-state index < -0.39 is 59.8 Å². The normalized spacial score (nSPS) is 19.9. The number of ether oxygens (including phenoxy) is 4. The first-order chi connectivity index (χ1) is 31.6. The number of unbranched alkanes of at least 4 members (excludes halogenated alkanes) is 27. The predicted octanol–water partition coefficient (Wildman–Crippen LogP) is 12.1. The fourth-order valence-corrected chi connectivity index (χ4v) is 8.50. The Bertz CT molecular complexity index is 1270. The monoisotopic (exact) mass is 945 g/mol. The highest BCUT2D eigenvalue weighted by Crippen LogP contribution is 2.26. The highest BCUT2D eigenvalue weighted by molar-refractivity contribution is 7.80. The van der Waals surface area contributed by atoms with E-state index in [1.54, 1.807) is 0 Å². The standard InChI is InChI=1S/C52H96O12S/c1-3-5-7-9-11-13-15-17-19-21-22-23-24-25-27-29-31-33-35-37-39-41-48(54)62-46(45-61-52-50(56)51(64-65(57,58)59)49(55)47(43-53)63-52)44-60-42-40-38-36-34-32-30-28-26-20-18-16-14-12-10-8-6-4-2/h15,17,20-22,26,46-47,49-53,55-56H,3-14,16,18-19,23-25,27-45H2,1-2H3,(H,57,58,59)/b17-15-,22-21-,26-20-. The van der Waals surface area contributed by atoms with Crippen LogP contribution in [0.15, 0.2) is 36.5 Å². The summed E-state index contributed by atoms with van der Waals surface area (Å²) in [4.78, 5) is 12.9. The summed E-state index contributed by atoms with van der Waals surface area (Å²) >= 11 is 0. The van der Waals surface area contributed by atoms with Crippen LogP contribution in [-0.2, 0) is 38.3 Å². The summed E-state index contributed by atoms with van der Waals surface area (Å²) in [5.41, 5.74) is 0. The molecule has 0 aliphatic carbocycles. The van der Waals surface area contributed by atoms with Crippen LogP contribution < -0.4 is 0 Å². The molecule has 1 aliphatic rings. The molecule has 13 heteroatoms. The minimum Gasteiger partial charge on any atom is -0.457 e. The third-order valence-electron chi connectivity index (χ3n) is 12.0. The number of esters is 1. The zero-order chi connectivity index (χ0) is 47.5. The van der Waals surface area contributed by atoms with Gasteiger partial charge in [0.15, 0.2) is 6.29 Å². The fraction of sp³-hybridized carbons (Fsp3) is 0.865. The van der Waals surface area contributed by atoms with Crippen molar-refractivity contribution in [3.63, 3.8) is 0 Å². The summed E-state index contributed by atoms with van der Waals surface area (Å²) in [5.74, 6) is -0.404. The van der Waals surface area contributed by atoms with Crippen LogP contribution >= 0.6 is 0 Å². The van der Waals surface area contributed by atoms with E-state index in [0.29, 0.717) is 13.0 Å². The number of carbonyl (C=O) groups is 1. The van der Waals surface area contributed by atoms with Gasteiger partial charge in [-0.15, -0.1) is 0 Å². The molecule has 382 valence electrons. The van der Waals surface area contributed by atoms with Gasteiger partial charge in [0, 0.05) is 13.0 Å². The first-order valence-electron chi connectivity index (χ1n) is 26.2. The molecule has 1 saturated heterocycles. The zero-order valence-corrected chi connectivity index (χ0v) is 41.9. The van der Waals surface area contributed by atoms with Crippen molar-refractivity contribution in [1.29, 1.82) is 0 Å². The molecule has 1 fully saturated rings. The number of hydrogen-bond donors (Lipinski definition) is 4. The Hall–Kier alpha value is -1.68. The van der Waals surface area contributed by atoms with Crippen LogP contribution in [0, 0.1) is 0 Å². The summed E-state index contributed by atoms with van der Waals surface area (Å²) in [7, 11) is -5.07. The number of rotatable bonds is 46. The number of aliphatic hydroxyl groups is 3. The SMILES string of the molecule is CCCCCCC/C=C\C/C=C\CCCCCCCCCCCC(=O)OC(COCCCCCCCC/C=C\CCCCCCCCC)COC1OC(CO)C(O)C(OS(=O)(=O)O)C1O. The van der Waals surface area contributed by atoms with Crippen molar-refractivity contribution in [2.45, 2.75) is 263 Å². The number of aliphatic hydroxyl groups excluding tert-OH is 3. The van der Waals surface area contributed by atoms with Crippen molar-refractivity contribution in [3.05, 3.63) is 36.5 Å². The molecule has 0 radical (unpaired) electrons. The molecule has 4 N–H and O–H groups in total. The van der Waals surface area contributed by atoms with Crippen molar-refractivity contribution < 1.29 is 56.2 Å². The lowest BCUT2D eigenvalue weighted by Crippen LogP contribution is -2.60. The first kappa shape index (κ1) is 61.3. The maximum absolute atomic E-state index is 12.9. The summed E-state index contributed by atoms with van der Waals surface area (Å²) in [6.07, 6.45) is 43.1. The zero-order valence-electron chi connectivity index (χ0n) is 41.1. The third kappa shape index (κ3) is 37.0. The maximum atomic E-state index is 12.9. The van der Waals surface area contributed by atoms with Crippen molar-refractivity contribution in [2.24, 2.45) is 0 Å². The molecule has 0 saturated carbocycles. The lowest BCUT2D eigenvalue weighted by molar-refractivity contribution is -0.301. The number of hydrogen-bond acceptors (Lipinski definition) is 11. The minimum atomic E-state index is -5.07. The smallest absolute Gasteiger partial charge is 0.397 e. The molecule has 6 unspecified atom stereocenters. The minimum absolute atomic E-state index is 0.0314. The number of allylic oxidation sites excluding steroid dienone is 6. The maximum Gasteiger partial charge on any atom is 0.397 e. The topological polar surface area (TPSA) is 178 Å². The van der Waals surface area contributed by atoms with Crippen molar-refractivity contribution in [1.82, 2.24) is 0 Å². The molecule has 0 aromatic carbocycles.